The molecule has 9 nitrogen and oxygen atoms in total. The van der Waals surface area contributed by atoms with Crippen molar-refractivity contribution >= 4 is 22.7 Å². The van der Waals surface area contributed by atoms with E-state index in [0.29, 0.717) is 23.6 Å². The number of aliphatic hydroxyl groups excluding tert-OH is 1. The van der Waals surface area contributed by atoms with Gasteiger partial charge < -0.3 is 19.6 Å². The Morgan fingerprint density at radius 1 is 0.947 bits per heavy atom. The number of benzene rings is 1. The van der Waals surface area contributed by atoms with E-state index >= 15 is 0 Å². The molecule has 2 aliphatic heterocycles. The summed E-state index contributed by atoms with van der Waals surface area (Å²) >= 11 is 0. The fourth-order valence-electron chi connectivity index (χ4n) is 8.11. The summed E-state index contributed by atoms with van der Waals surface area (Å²) in [4.78, 5) is 38.1. The Hall–Kier alpha value is -2.78. The average Bonchev–Trinajstić information content (AvgIpc) is 3.06. The fourth-order valence-corrected chi connectivity index (χ4v) is 8.11. The molecule has 0 radical (unpaired) electrons. The summed E-state index contributed by atoms with van der Waals surface area (Å²) in [6, 6.07) is 8.96. The molecule has 4 aliphatic rings. The van der Waals surface area contributed by atoms with Gasteiger partial charge in [0.15, 0.2) is 5.69 Å². The highest BCUT2D eigenvalue weighted by atomic mass is 16.6. The molecule has 204 valence electrons. The number of hydrogen-bond donors (Lipinski definition) is 2. The van der Waals surface area contributed by atoms with Crippen LogP contribution in [-0.4, -0.2) is 67.7 Å². The number of oxime groups is 1. The van der Waals surface area contributed by atoms with E-state index in [1.165, 1.54) is 44.9 Å². The summed E-state index contributed by atoms with van der Waals surface area (Å²) in [6.45, 7) is -0.473. The number of nitrogens with zero attached hydrogens (tertiary/aromatic N) is 4. The van der Waals surface area contributed by atoms with Gasteiger partial charge in [-0.15, -0.1) is 0 Å². The fraction of sp³-hybridized carbons (Fsp3) is 0.655. The number of carboxylic acids is 1. The van der Waals surface area contributed by atoms with Crippen LogP contribution in [-0.2, 0) is 9.63 Å². The molecule has 0 amide bonds. The van der Waals surface area contributed by atoms with Gasteiger partial charge in [0.05, 0.1) is 17.6 Å². The van der Waals surface area contributed by atoms with Crippen LogP contribution in [0.5, 0.6) is 0 Å². The third-order valence-electron chi connectivity index (χ3n) is 9.46. The number of aliphatic hydroxyl groups is 1. The first-order valence-corrected chi connectivity index (χ1v) is 14.4. The van der Waals surface area contributed by atoms with Crippen molar-refractivity contribution in [2.45, 2.75) is 94.8 Å². The van der Waals surface area contributed by atoms with E-state index in [2.05, 4.69) is 15.0 Å². The lowest BCUT2D eigenvalue weighted by Crippen LogP contribution is -2.52. The minimum Gasteiger partial charge on any atom is -0.476 e. The molecule has 4 fully saturated rings. The number of para-hydroxylation sites is 2. The minimum atomic E-state index is -1.39. The first-order chi connectivity index (χ1) is 18.5. The predicted molar refractivity (Wildman–Crippen MR) is 143 cm³/mol. The van der Waals surface area contributed by atoms with Gasteiger partial charge in [0.25, 0.3) is 5.56 Å². The molecular weight excluding hydrogens is 484 g/mol. The van der Waals surface area contributed by atoms with Gasteiger partial charge >= 0.3 is 5.97 Å². The molecule has 38 heavy (non-hydrogen) atoms. The van der Waals surface area contributed by atoms with E-state index in [9.17, 15) is 14.7 Å². The van der Waals surface area contributed by atoms with Crippen LogP contribution in [0.1, 0.15) is 82.4 Å². The zero-order valence-corrected chi connectivity index (χ0v) is 21.9. The molecule has 6 rings (SSSR count). The van der Waals surface area contributed by atoms with Gasteiger partial charge in [-0.05, 0) is 68.9 Å². The molecule has 6 atom stereocenters. The number of carboxylic acid groups (broad SMARTS) is 1. The van der Waals surface area contributed by atoms with Crippen LogP contribution in [0.2, 0.25) is 0 Å². The second-order valence-electron chi connectivity index (χ2n) is 11.8. The number of carbonyl (C=O) groups is 1. The van der Waals surface area contributed by atoms with Crippen molar-refractivity contribution in [1.29, 1.82) is 0 Å². The van der Waals surface area contributed by atoms with E-state index in [0.717, 1.165) is 43.0 Å². The molecule has 2 saturated heterocycles. The second-order valence-corrected chi connectivity index (χ2v) is 11.8. The second kappa shape index (κ2) is 10.8. The topological polar surface area (TPSA) is 117 Å². The summed E-state index contributed by atoms with van der Waals surface area (Å²) < 4.78 is 1.78. The molecule has 2 aliphatic carbocycles. The predicted octanol–water partition coefficient (Wildman–Crippen LogP) is 3.72. The molecule has 4 bridgehead atoms. The average molecular weight is 523 g/mol. The molecule has 2 saturated carbocycles. The van der Waals surface area contributed by atoms with E-state index in [1.54, 1.807) is 10.6 Å². The Morgan fingerprint density at radius 2 is 1.63 bits per heavy atom. The summed E-state index contributed by atoms with van der Waals surface area (Å²) in [6.07, 6.45) is 13.7. The Morgan fingerprint density at radius 3 is 2.29 bits per heavy atom. The maximum atomic E-state index is 13.9. The normalized spacial score (nSPS) is 31.8. The van der Waals surface area contributed by atoms with Crippen LogP contribution in [0.4, 0.5) is 0 Å². The van der Waals surface area contributed by atoms with Crippen molar-refractivity contribution in [1.82, 2.24) is 14.5 Å². The third-order valence-corrected chi connectivity index (χ3v) is 9.46. The van der Waals surface area contributed by atoms with Crippen molar-refractivity contribution in [3.63, 3.8) is 0 Å². The van der Waals surface area contributed by atoms with Crippen molar-refractivity contribution in [3.05, 3.63) is 40.3 Å². The van der Waals surface area contributed by atoms with Gasteiger partial charge in [0.2, 0.25) is 5.71 Å². The monoisotopic (exact) mass is 522 g/mol. The highest BCUT2D eigenvalue weighted by Crippen LogP contribution is 2.47. The number of piperidine rings is 1. The van der Waals surface area contributed by atoms with Crippen LogP contribution in [0.25, 0.3) is 11.0 Å². The van der Waals surface area contributed by atoms with Gasteiger partial charge in [0.1, 0.15) is 6.61 Å². The standard InChI is InChI=1S/C29H38N4O5/c34-11-12-38-31-27(29(36)37)26-28(35)33(25-8-4-3-7-24(25)30-26)23-16-20-9-10-21(17-23)32(20)22-14-18-5-1-2-6-19(13-18)15-22/h3-4,7-8,18-23,34H,1-2,5-6,9-17H2,(H,36,37)/b31-27-/t18-,19+,20-,21+,22?,23+. The van der Waals surface area contributed by atoms with E-state index < -0.39 is 17.2 Å². The minimum absolute atomic E-state index is 0.0258. The summed E-state index contributed by atoms with van der Waals surface area (Å²) in [7, 11) is 0. The van der Waals surface area contributed by atoms with Crippen molar-refractivity contribution in [2.75, 3.05) is 13.2 Å². The molecule has 2 N–H and O–H groups in total. The number of rotatable bonds is 7. The quantitative estimate of drug-likeness (QED) is 0.323. The van der Waals surface area contributed by atoms with Crippen LogP contribution in [0.3, 0.4) is 0 Å². The van der Waals surface area contributed by atoms with Crippen molar-refractivity contribution < 1.29 is 19.8 Å². The lowest BCUT2D eigenvalue weighted by molar-refractivity contribution is -0.129. The van der Waals surface area contributed by atoms with Crippen LogP contribution < -0.4 is 5.56 Å². The van der Waals surface area contributed by atoms with Crippen LogP contribution in [0.15, 0.2) is 34.2 Å². The molecule has 9 heteroatoms. The first-order valence-electron chi connectivity index (χ1n) is 14.4. The molecular formula is C29H38N4O5. The first kappa shape index (κ1) is 25.5. The summed E-state index contributed by atoms with van der Waals surface area (Å²) in [5, 5.41) is 22.5. The van der Waals surface area contributed by atoms with Crippen LogP contribution >= 0.6 is 0 Å². The SMILES string of the molecule is O=C(O)/C(=N\OCCO)c1nc2ccccc2n([C@H]2C[C@H]3CC[C@@H](C2)N3C2C[C@H]3CCCC[C@@H](C2)C3)c1=O. The van der Waals surface area contributed by atoms with Gasteiger partial charge in [-0.25, -0.2) is 9.78 Å². The zero-order chi connectivity index (χ0) is 26.2. The Kier molecular flexibility index (Phi) is 7.22. The number of fused-ring (bicyclic) bond motifs is 5. The maximum Gasteiger partial charge on any atom is 0.360 e. The van der Waals surface area contributed by atoms with E-state index in [-0.39, 0.29) is 24.9 Å². The summed E-state index contributed by atoms with van der Waals surface area (Å²) in [5.41, 5.74) is 0.0839. The van der Waals surface area contributed by atoms with Gasteiger partial charge in [0, 0.05) is 24.2 Å². The summed E-state index contributed by atoms with van der Waals surface area (Å²) in [5.74, 6) is 0.354. The molecule has 2 aromatic rings. The highest BCUT2D eigenvalue weighted by molar-refractivity contribution is 6.41. The van der Waals surface area contributed by atoms with Crippen LogP contribution in [0, 0.1) is 11.8 Å². The molecule has 0 spiro atoms. The number of aliphatic carboxylic acids is 1. The van der Waals surface area contributed by atoms with Gasteiger partial charge in [-0.1, -0.05) is 43.0 Å². The molecule has 3 heterocycles. The smallest absolute Gasteiger partial charge is 0.360 e. The number of aromatic nitrogens is 2. The van der Waals surface area contributed by atoms with E-state index in [1.807, 2.05) is 18.2 Å². The molecule has 1 aromatic heterocycles. The Bertz CT molecular complexity index is 1250. The largest absolute Gasteiger partial charge is 0.476 e. The third kappa shape index (κ3) is 4.75. The van der Waals surface area contributed by atoms with Crippen molar-refractivity contribution in [2.24, 2.45) is 17.0 Å². The van der Waals surface area contributed by atoms with Crippen molar-refractivity contribution in [3.8, 4) is 0 Å². The molecule has 1 unspecified atom stereocenters. The lowest BCUT2D eigenvalue weighted by atomic mass is 9.76. The maximum absolute atomic E-state index is 13.9. The Labute approximate surface area is 222 Å². The highest BCUT2D eigenvalue weighted by Gasteiger charge is 2.47. The van der Waals surface area contributed by atoms with Gasteiger partial charge in [-0.3, -0.25) is 9.69 Å². The molecule has 1 aromatic carbocycles. The zero-order valence-electron chi connectivity index (χ0n) is 21.9. The van der Waals surface area contributed by atoms with E-state index in [4.69, 9.17) is 9.94 Å². The van der Waals surface area contributed by atoms with Gasteiger partial charge in [-0.2, -0.15) is 0 Å². The number of hydrogen-bond acceptors (Lipinski definition) is 7. The lowest BCUT2D eigenvalue weighted by Gasteiger charge is -2.48. The Balaban J connectivity index is 1.33.